The summed E-state index contributed by atoms with van der Waals surface area (Å²) in [5.41, 5.74) is 10.0. The summed E-state index contributed by atoms with van der Waals surface area (Å²) in [4.78, 5) is 31.5. The summed E-state index contributed by atoms with van der Waals surface area (Å²) < 4.78 is 20.1. The van der Waals surface area contributed by atoms with Gasteiger partial charge in [-0.3, -0.25) is 9.13 Å². The first kappa shape index (κ1) is 23.1. The van der Waals surface area contributed by atoms with Crippen molar-refractivity contribution < 1.29 is 19.3 Å². The standard InChI is InChI=1S/C18H21BrClN6O6/c19-9-5-25(17(28)23-14(9)21)12-3-1-8(31-12)7-30-16(27)11-2-4-13(32-11)26-6-10(20)15(22)24-18(26)29/h5-8,11-13,16,27H,1-4H2,(H2,21,23,28)(H2,22,24,29)/t8-,11-,12+,13+,16?/m0/s1. The molecule has 4 heterocycles. The van der Waals surface area contributed by atoms with Crippen molar-refractivity contribution in [1.82, 2.24) is 19.1 Å². The Morgan fingerprint density at radius 2 is 1.72 bits per heavy atom. The number of hydrogen-bond donors (Lipinski definition) is 3. The quantitative estimate of drug-likeness (QED) is 0.455. The summed E-state index contributed by atoms with van der Waals surface area (Å²) in [5, 5.41) is 10.5. The number of halogens is 2. The highest BCUT2D eigenvalue weighted by Gasteiger charge is 2.35. The van der Waals surface area contributed by atoms with Gasteiger partial charge in [0.25, 0.3) is 0 Å². The number of nitrogens with zero attached hydrogens (tertiary/aromatic N) is 4. The van der Waals surface area contributed by atoms with E-state index < -0.39 is 42.3 Å². The maximum atomic E-state index is 12.1. The molecule has 2 aromatic rings. The molecule has 14 heteroatoms. The first-order valence-corrected chi connectivity index (χ1v) is 11.0. The Bertz CT molecular complexity index is 1110. The molecule has 32 heavy (non-hydrogen) atoms. The third-order valence-corrected chi connectivity index (χ3v) is 6.14. The van der Waals surface area contributed by atoms with Crippen molar-refractivity contribution in [1.29, 1.82) is 0 Å². The van der Waals surface area contributed by atoms with Crippen LogP contribution >= 0.6 is 27.5 Å². The minimum Gasteiger partial charge on any atom is -0.383 e. The third-order valence-electron chi connectivity index (χ3n) is 5.24. The fourth-order valence-corrected chi connectivity index (χ4v) is 4.05. The maximum Gasteiger partial charge on any atom is 0.351 e. The summed E-state index contributed by atoms with van der Waals surface area (Å²) in [7, 11) is 0. The summed E-state index contributed by atoms with van der Waals surface area (Å²) in [5.74, 6) is 0.0487. The second kappa shape index (κ2) is 9.45. The molecule has 0 aliphatic carbocycles. The van der Waals surface area contributed by atoms with Crippen molar-refractivity contribution in [3.05, 3.63) is 49.5 Å². The van der Waals surface area contributed by atoms with E-state index in [1.54, 1.807) is 0 Å². The molecule has 1 unspecified atom stereocenters. The van der Waals surface area contributed by atoms with Gasteiger partial charge >= 0.3 is 11.4 Å². The molecule has 5 atom stereocenters. The van der Waals surface area contributed by atoms with Crippen LogP contribution in [0.5, 0.6) is 0 Å². The molecule has 0 aromatic carbocycles. The normalized spacial score (nSPS) is 26.5. The largest absolute Gasteiger partial charge is 0.383 e. The number of aliphatic hydroxyl groups excluding tert-OH is 1. The monoisotopic (exact) mass is 531 g/mol. The van der Waals surface area contributed by atoms with Crippen molar-refractivity contribution >= 4 is 39.2 Å². The van der Waals surface area contributed by atoms with Gasteiger partial charge < -0.3 is 30.8 Å². The van der Waals surface area contributed by atoms with Crippen molar-refractivity contribution in [3.8, 4) is 0 Å². The number of aromatic nitrogens is 4. The lowest BCUT2D eigenvalue weighted by Crippen LogP contribution is -2.32. The summed E-state index contributed by atoms with van der Waals surface area (Å²) >= 11 is 9.18. The predicted octanol–water partition coefficient (Wildman–Crippen LogP) is 0.932. The van der Waals surface area contributed by atoms with E-state index in [9.17, 15) is 14.7 Å². The Labute approximate surface area is 195 Å². The minimum atomic E-state index is -1.27. The van der Waals surface area contributed by atoms with E-state index in [4.69, 9.17) is 37.3 Å². The van der Waals surface area contributed by atoms with Gasteiger partial charge in [-0.15, -0.1) is 0 Å². The van der Waals surface area contributed by atoms with Crippen molar-refractivity contribution in [2.24, 2.45) is 0 Å². The van der Waals surface area contributed by atoms with Gasteiger partial charge in [0.15, 0.2) is 6.29 Å². The lowest BCUT2D eigenvalue weighted by atomic mass is 10.2. The lowest BCUT2D eigenvalue weighted by Gasteiger charge is -2.22. The molecule has 1 radical (unpaired) electrons. The fourth-order valence-electron chi connectivity index (χ4n) is 3.59. The Morgan fingerprint density at radius 1 is 1.09 bits per heavy atom. The molecule has 4 rings (SSSR count). The molecule has 173 valence electrons. The predicted molar refractivity (Wildman–Crippen MR) is 116 cm³/mol. The van der Waals surface area contributed by atoms with Crippen LogP contribution < -0.4 is 22.8 Å². The van der Waals surface area contributed by atoms with Crippen LogP contribution in [-0.2, 0) is 14.2 Å². The summed E-state index contributed by atoms with van der Waals surface area (Å²) in [6.45, 7) is 1.37. The van der Waals surface area contributed by atoms with E-state index in [0.29, 0.717) is 30.2 Å². The summed E-state index contributed by atoms with van der Waals surface area (Å²) in [6, 6.07) is 0. The Balaban J connectivity index is 1.30. The minimum absolute atomic E-state index is 0.0559. The zero-order valence-electron chi connectivity index (χ0n) is 16.6. The van der Waals surface area contributed by atoms with Gasteiger partial charge in [-0.05, 0) is 41.6 Å². The van der Waals surface area contributed by atoms with Crippen LogP contribution in [0.3, 0.4) is 0 Å². The first-order chi connectivity index (χ1) is 15.2. The average molecular weight is 533 g/mol. The highest BCUT2D eigenvalue weighted by atomic mass is 79.9. The number of nitrogen functional groups attached to an aromatic ring is 2. The fraction of sp³-hybridized carbons (Fsp3) is 0.500. The highest BCUT2D eigenvalue weighted by Crippen LogP contribution is 2.33. The zero-order valence-corrected chi connectivity index (χ0v) is 19.0. The molecular weight excluding hydrogens is 512 g/mol. The van der Waals surface area contributed by atoms with Gasteiger partial charge in [0.05, 0.1) is 15.6 Å². The summed E-state index contributed by atoms with van der Waals surface area (Å²) in [6.07, 6.45) is 1.35. The molecule has 0 amide bonds. The second-order valence-corrected chi connectivity index (χ2v) is 8.67. The average Bonchev–Trinajstić information content (AvgIpc) is 3.41. The van der Waals surface area contributed by atoms with Crippen molar-refractivity contribution in [3.63, 3.8) is 0 Å². The van der Waals surface area contributed by atoms with Gasteiger partial charge in [-0.1, -0.05) is 11.6 Å². The molecule has 2 fully saturated rings. The van der Waals surface area contributed by atoms with E-state index in [-0.39, 0.29) is 16.7 Å². The van der Waals surface area contributed by atoms with E-state index >= 15 is 0 Å². The Kier molecular flexibility index (Phi) is 6.83. The van der Waals surface area contributed by atoms with Crippen LogP contribution in [0, 0.1) is 6.61 Å². The molecule has 2 aliphatic heterocycles. The molecule has 2 aliphatic rings. The van der Waals surface area contributed by atoms with Gasteiger partial charge in [-0.25, -0.2) is 9.59 Å². The molecule has 12 nitrogen and oxygen atoms in total. The van der Waals surface area contributed by atoms with Crippen molar-refractivity contribution in [2.75, 3.05) is 11.5 Å². The topological polar surface area (TPSA) is 170 Å². The first-order valence-electron chi connectivity index (χ1n) is 9.79. The van der Waals surface area contributed by atoms with E-state index in [2.05, 4.69) is 25.9 Å². The lowest BCUT2D eigenvalue weighted by molar-refractivity contribution is -0.176. The molecular formula is C18H21BrClN6O6. The molecule has 0 spiro atoms. The SMILES string of the molecule is Nc1nc(=O)n([C@H]2CC[C@@H](C(O)O[CH][C@@H]3CC[C@H](n4cc(Br)c(N)nc4=O)O3)O2)cc1Cl. The zero-order chi connectivity index (χ0) is 23.0. The Hall–Kier alpha value is -2.03. The Morgan fingerprint density at radius 3 is 2.47 bits per heavy atom. The second-order valence-electron chi connectivity index (χ2n) is 7.40. The van der Waals surface area contributed by atoms with Crippen LogP contribution in [0.2, 0.25) is 5.02 Å². The van der Waals surface area contributed by atoms with Crippen LogP contribution in [0.1, 0.15) is 38.1 Å². The number of rotatable bonds is 6. The van der Waals surface area contributed by atoms with Crippen LogP contribution in [0.15, 0.2) is 26.5 Å². The van der Waals surface area contributed by atoms with Gasteiger partial charge in [0, 0.05) is 12.4 Å². The molecule has 2 saturated heterocycles. The number of aliphatic hydroxyl groups is 1. The molecule has 5 N–H and O–H groups in total. The van der Waals surface area contributed by atoms with Crippen molar-refractivity contribution in [2.45, 2.75) is 56.6 Å². The number of nitrogens with two attached hydrogens (primary N) is 2. The molecule has 2 aromatic heterocycles. The highest BCUT2D eigenvalue weighted by molar-refractivity contribution is 9.10. The van der Waals surface area contributed by atoms with Crippen LogP contribution in [0.4, 0.5) is 11.6 Å². The van der Waals surface area contributed by atoms with E-state index in [1.165, 1.54) is 28.1 Å². The van der Waals surface area contributed by atoms with E-state index in [1.807, 2.05) is 0 Å². The van der Waals surface area contributed by atoms with Gasteiger partial charge in [0.2, 0.25) is 0 Å². The number of ether oxygens (including phenoxy) is 3. The van der Waals surface area contributed by atoms with Gasteiger partial charge in [-0.2, -0.15) is 9.97 Å². The molecule has 0 bridgehead atoms. The number of hydrogen-bond acceptors (Lipinski definition) is 10. The number of anilines is 2. The van der Waals surface area contributed by atoms with Crippen LogP contribution in [0.25, 0.3) is 0 Å². The van der Waals surface area contributed by atoms with E-state index in [0.717, 1.165) is 0 Å². The third kappa shape index (κ3) is 4.82. The van der Waals surface area contributed by atoms with Gasteiger partial charge in [0.1, 0.15) is 36.8 Å². The smallest absolute Gasteiger partial charge is 0.351 e. The maximum absolute atomic E-state index is 12.1. The van der Waals surface area contributed by atoms with Crippen LogP contribution in [-0.4, -0.2) is 42.7 Å². The molecule has 0 saturated carbocycles.